The Balaban J connectivity index is 0. The Hall–Kier alpha value is -0.790. The Kier molecular flexibility index (Phi) is 13.7. The molecule has 1 N–H and O–H groups in total. The monoisotopic (exact) mass is 200 g/mol. The summed E-state index contributed by atoms with van der Waals surface area (Å²) in [7, 11) is 0. The number of aliphatic carboxylic acids is 1. The van der Waals surface area contributed by atoms with Crippen molar-refractivity contribution in [3.8, 4) is 0 Å². The molecule has 0 heterocycles. The highest BCUT2D eigenvalue weighted by molar-refractivity contribution is 5.85. The number of hydrogen-bond acceptors (Lipinski definition) is 1. The van der Waals surface area contributed by atoms with Crippen LogP contribution in [-0.4, -0.2) is 11.1 Å². The Bertz CT molecular complexity index is 146. The zero-order valence-corrected chi connectivity index (χ0v) is 9.81. The van der Waals surface area contributed by atoms with Gasteiger partial charge in [0.2, 0.25) is 0 Å². The lowest BCUT2D eigenvalue weighted by molar-refractivity contribution is -0.132. The molecule has 0 saturated heterocycles. The number of hydrogen-bond donors (Lipinski definition) is 1. The van der Waals surface area contributed by atoms with E-state index < -0.39 is 5.97 Å². The molecule has 0 aromatic carbocycles. The van der Waals surface area contributed by atoms with Crippen LogP contribution in [0.3, 0.4) is 0 Å². The van der Waals surface area contributed by atoms with Crippen LogP contribution in [-0.2, 0) is 4.79 Å². The second kappa shape index (κ2) is 12.2. The Labute approximate surface area is 88.0 Å². The van der Waals surface area contributed by atoms with E-state index in [4.69, 9.17) is 5.11 Å². The van der Waals surface area contributed by atoms with Crippen LogP contribution in [0.2, 0.25) is 0 Å². The first kappa shape index (κ1) is 15.7. The maximum atomic E-state index is 9.83. The largest absolute Gasteiger partial charge is 0.478 e. The second-order valence-corrected chi connectivity index (χ2v) is 3.32. The van der Waals surface area contributed by atoms with Crippen LogP contribution in [0.15, 0.2) is 12.2 Å². The molecule has 0 aliphatic carbocycles. The summed E-state index contributed by atoms with van der Waals surface area (Å²) in [5, 5.41) is 8.08. The lowest BCUT2D eigenvalue weighted by atomic mass is 10.2. The summed E-state index contributed by atoms with van der Waals surface area (Å²) in [4.78, 5) is 9.83. The van der Waals surface area contributed by atoms with Crippen molar-refractivity contribution in [1.82, 2.24) is 0 Å². The van der Waals surface area contributed by atoms with Crippen LogP contribution in [0, 0.1) is 0 Å². The van der Waals surface area contributed by atoms with Gasteiger partial charge in [-0.05, 0) is 6.42 Å². The molecule has 0 unspecified atom stereocenters. The molecule has 0 aromatic rings. The van der Waals surface area contributed by atoms with E-state index >= 15 is 0 Å². The van der Waals surface area contributed by atoms with E-state index in [-0.39, 0.29) is 5.57 Å². The van der Waals surface area contributed by atoms with E-state index in [2.05, 4.69) is 20.4 Å². The zero-order chi connectivity index (χ0) is 11.4. The minimum absolute atomic E-state index is 0.264. The summed E-state index contributed by atoms with van der Waals surface area (Å²) in [6.45, 7) is 9.52. The highest BCUT2D eigenvalue weighted by atomic mass is 16.4. The first-order chi connectivity index (χ1) is 6.59. The number of carboxylic acids is 1. The molecular formula is C12H24O2. The normalized spacial score (nSPS) is 8.79. The highest BCUT2D eigenvalue weighted by Crippen LogP contribution is 2.00. The molecule has 14 heavy (non-hydrogen) atoms. The molecule has 0 fully saturated rings. The molecule has 0 aliphatic heterocycles. The van der Waals surface area contributed by atoms with Crippen LogP contribution in [0.5, 0.6) is 0 Å². The van der Waals surface area contributed by atoms with E-state index in [1.807, 2.05) is 0 Å². The molecule has 84 valence electrons. The molecule has 0 bridgehead atoms. The fourth-order valence-electron chi connectivity index (χ4n) is 0.828. The van der Waals surface area contributed by atoms with Gasteiger partial charge in [-0.15, -0.1) is 0 Å². The molecular weight excluding hydrogens is 176 g/mol. The average Bonchev–Trinajstić information content (AvgIpc) is 2.18. The number of rotatable bonds is 6. The molecule has 0 spiro atoms. The predicted molar refractivity (Wildman–Crippen MR) is 61.5 cm³/mol. The maximum Gasteiger partial charge on any atom is 0.330 e. The Morgan fingerprint density at radius 1 is 1.07 bits per heavy atom. The summed E-state index contributed by atoms with van der Waals surface area (Å²) >= 11 is 0. The summed E-state index contributed by atoms with van der Waals surface area (Å²) in [6.07, 6.45) is 7.53. The van der Waals surface area contributed by atoms with Gasteiger partial charge in [0.1, 0.15) is 0 Å². The average molecular weight is 200 g/mol. The van der Waals surface area contributed by atoms with Crippen LogP contribution in [0.25, 0.3) is 0 Å². The number of unbranched alkanes of at least 4 members (excludes halogenated alkanes) is 4. The molecule has 2 nitrogen and oxygen atoms in total. The Morgan fingerprint density at radius 3 is 1.64 bits per heavy atom. The quantitative estimate of drug-likeness (QED) is 0.519. The molecule has 0 aliphatic rings. The fraction of sp³-hybridized carbons (Fsp3) is 0.750. The molecule has 0 aromatic heterocycles. The zero-order valence-electron chi connectivity index (χ0n) is 9.81. The van der Waals surface area contributed by atoms with Gasteiger partial charge in [-0.2, -0.15) is 0 Å². The minimum Gasteiger partial charge on any atom is -0.478 e. The van der Waals surface area contributed by atoms with Crippen molar-refractivity contribution >= 4 is 5.97 Å². The van der Waals surface area contributed by atoms with Gasteiger partial charge in [0.15, 0.2) is 0 Å². The lowest BCUT2D eigenvalue weighted by Gasteiger charge is -1.90. The summed E-state index contributed by atoms with van der Waals surface area (Å²) in [5.74, 6) is -0.900. The topological polar surface area (TPSA) is 37.3 Å². The van der Waals surface area contributed by atoms with Crippen molar-refractivity contribution in [2.75, 3.05) is 0 Å². The van der Waals surface area contributed by atoms with Crippen molar-refractivity contribution in [1.29, 1.82) is 0 Å². The summed E-state index contributed by atoms with van der Waals surface area (Å²) < 4.78 is 0. The third kappa shape index (κ3) is 13.8. The summed E-state index contributed by atoms with van der Waals surface area (Å²) in [5.41, 5.74) is 0.264. The predicted octanol–water partition coefficient (Wildman–Crippen LogP) is 4.01. The lowest BCUT2D eigenvalue weighted by Crippen LogP contribution is -1.95. The van der Waals surface area contributed by atoms with Crippen LogP contribution in [0.1, 0.15) is 59.3 Å². The van der Waals surface area contributed by atoms with Gasteiger partial charge < -0.3 is 5.11 Å². The number of carboxylic acid groups (broad SMARTS) is 1. The second-order valence-electron chi connectivity index (χ2n) is 3.32. The van der Waals surface area contributed by atoms with Crippen molar-refractivity contribution in [3.63, 3.8) is 0 Å². The molecule has 0 saturated carbocycles. The highest BCUT2D eigenvalue weighted by Gasteiger charge is 1.96. The third-order valence-electron chi connectivity index (χ3n) is 1.94. The standard InChI is InChI=1S/C7H16.C5H8O2/c1-3-5-7-6-4-2;1-3-4(2)5(6)7/h3-7H2,1-2H3;2-3H2,1H3,(H,6,7). The molecule has 0 atom stereocenters. The van der Waals surface area contributed by atoms with Crippen molar-refractivity contribution < 1.29 is 9.90 Å². The first-order valence-corrected chi connectivity index (χ1v) is 5.51. The van der Waals surface area contributed by atoms with Crippen LogP contribution < -0.4 is 0 Å². The molecule has 2 heteroatoms. The van der Waals surface area contributed by atoms with E-state index in [9.17, 15) is 4.79 Å². The van der Waals surface area contributed by atoms with Gasteiger partial charge in [-0.1, -0.05) is 59.5 Å². The van der Waals surface area contributed by atoms with Crippen molar-refractivity contribution in [3.05, 3.63) is 12.2 Å². The van der Waals surface area contributed by atoms with Crippen LogP contribution >= 0.6 is 0 Å². The van der Waals surface area contributed by atoms with Crippen LogP contribution in [0.4, 0.5) is 0 Å². The summed E-state index contributed by atoms with van der Waals surface area (Å²) in [6, 6.07) is 0. The van der Waals surface area contributed by atoms with E-state index in [0.29, 0.717) is 6.42 Å². The minimum atomic E-state index is -0.900. The first-order valence-electron chi connectivity index (χ1n) is 5.51. The fourth-order valence-corrected chi connectivity index (χ4v) is 0.828. The van der Waals surface area contributed by atoms with Crippen molar-refractivity contribution in [2.45, 2.75) is 59.3 Å². The van der Waals surface area contributed by atoms with E-state index in [0.717, 1.165) is 0 Å². The van der Waals surface area contributed by atoms with Gasteiger partial charge in [0, 0.05) is 5.57 Å². The third-order valence-corrected chi connectivity index (χ3v) is 1.94. The molecule has 0 rings (SSSR count). The number of carbonyl (C=O) groups is 1. The van der Waals surface area contributed by atoms with Crippen molar-refractivity contribution in [2.24, 2.45) is 0 Å². The van der Waals surface area contributed by atoms with Gasteiger partial charge in [-0.3, -0.25) is 0 Å². The van der Waals surface area contributed by atoms with Gasteiger partial charge in [-0.25, -0.2) is 4.79 Å². The van der Waals surface area contributed by atoms with E-state index in [1.165, 1.54) is 32.1 Å². The Morgan fingerprint density at radius 2 is 1.50 bits per heavy atom. The maximum absolute atomic E-state index is 9.83. The smallest absolute Gasteiger partial charge is 0.330 e. The van der Waals surface area contributed by atoms with Gasteiger partial charge in [0.25, 0.3) is 0 Å². The molecule has 0 radical (unpaired) electrons. The van der Waals surface area contributed by atoms with E-state index in [1.54, 1.807) is 6.92 Å². The van der Waals surface area contributed by atoms with Gasteiger partial charge in [0.05, 0.1) is 0 Å². The van der Waals surface area contributed by atoms with Gasteiger partial charge >= 0.3 is 5.97 Å². The SMILES string of the molecule is C=C(CC)C(=O)O.CCCCCCC. The molecule has 0 amide bonds.